The third-order valence-corrected chi connectivity index (χ3v) is 5.21. The van der Waals surface area contributed by atoms with Crippen LogP contribution in [0.25, 0.3) is 16.3 Å². The number of carbonyl (C=O) groups is 1. The van der Waals surface area contributed by atoms with Gasteiger partial charge in [0.2, 0.25) is 0 Å². The molecule has 22 heavy (non-hydrogen) atoms. The van der Waals surface area contributed by atoms with E-state index in [1.165, 1.54) is 18.9 Å². The van der Waals surface area contributed by atoms with Crippen molar-refractivity contribution in [3.05, 3.63) is 29.6 Å². The highest BCUT2D eigenvalue weighted by atomic mass is 32.2. The van der Waals surface area contributed by atoms with E-state index in [4.69, 9.17) is 4.74 Å². The number of thiophene rings is 1. The molecule has 6 nitrogen and oxygen atoms in total. The van der Waals surface area contributed by atoms with Crippen LogP contribution in [0.1, 0.15) is 13.3 Å². The van der Waals surface area contributed by atoms with Gasteiger partial charge < -0.3 is 4.74 Å². The summed E-state index contributed by atoms with van der Waals surface area (Å²) in [7, 11) is 1.40. The molecule has 3 heterocycles. The largest absolute Gasteiger partial charge is 0.468 e. The normalized spacial score (nSPS) is 12.5. The second-order valence-corrected chi connectivity index (χ2v) is 6.65. The molecule has 8 heteroatoms. The maximum absolute atomic E-state index is 11.7. The molecule has 0 bridgehead atoms. The van der Waals surface area contributed by atoms with Crippen molar-refractivity contribution < 1.29 is 9.53 Å². The molecular weight excluding hydrogens is 320 g/mol. The third-order valence-electron chi connectivity index (χ3n) is 3.08. The summed E-state index contributed by atoms with van der Waals surface area (Å²) < 4.78 is 6.52. The van der Waals surface area contributed by atoms with Crippen LogP contribution in [0.2, 0.25) is 0 Å². The summed E-state index contributed by atoms with van der Waals surface area (Å²) in [5, 5.41) is 15.3. The van der Waals surface area contributed by atoms with Gasteiger partial charge in [0.05, 0.1) is 12.0 Å². The molecule has 0 aromatic carbocycles. The standard InChI is InChI=1S/C14H14N4O2S2/c1-3-9(14(19)20-2)22-12-7-6-11-15-16-13(18(11)17-12)10-5-4-8-21-10/h4-9H,3H2,1-2H3/t9-/m1/s1. The molecule has 0 spiro atoms. The van der Waals surface area contributed by atoms with E-state index in [9.17, 15) is 4.79 Å². The highest BCUT2D eigenvalue weighted by Gasteiger charge is 2.20. The summed E-state index contributed by atoms with van der Waals surface area (Å²) >= 11 is 2.97. The predicted molar refractivity (Wildman–Crippen MR) is 86.0 cm³/mol. The average molecular weight is 334 g/mol. The number of nitrogens with zero attached hydrogens (tertiary/aromatic N) is 4. The minimum absolute atomic E-state index is 0.239. The Labute approximate surface area is 135 Å². The van der Waals surface area contributed by atoms with Crippen molar-refractivity contribution >= 4 is 34.7 Å². The minimum atomic E-state index is -0.267. The van der Waals surface area contributed by atoms with Crippen LogP contribution in [-0.4, -0.2) is 38.1 Å². The molecule has 1 atom stereocenters. The van der Waals surface area contributed by atoms with Crippen LogP contribution in [0.3, 0.4) is 0 Å². The summed E-state index contributed by atoms with van der Waals surface area (Å²) in [6.45, 7) is 1.95. The van der Waals surface area contributed by atoms with Crippen molar-refractivity contribution in [2.24, 2.45) is 0 Å². The predicted octanol–water partition coefficient (Wildman–Crippen LogP) is 2.90. The van der Waals surface area contributed by atoms with E-state index in [1.54, 1.807) is 15.9 Å². The lowest BCUT2D eigenvalue weighted by atomic mass is 10.3. The number of thioether (sulfide) groups is 1. The van der Waals surface area contributed by atoms with Crippen LogP contribution >= 0.6 is 23.1 Å². The Hall–Kier alpha value is -1.93. The Bertz CT molecular complexity index is 785. The van der Waals surface area contributed by atoms with Crippen molar-refractivity contribution in [3.8, 4) is 10.7 Å². The molecule has 3 aromatic rings. The molecule has 0 radical (unpaired) electrons. The van der Waals surface area contributed by atoms with E-state index < -0.39 is 0 Å². The molecule has 0 unspecified atom stereocenters. The van der Waals surface area contributed by atoms with Crippen LogP contribution in [-0.2, 0) is 9.53 Å². The maximum atomic E-state index is 11.7. The Balaban J connectivity index is 1.95. The second-order valence-electron chi connectivity index (χ2n) is 4.48. The van der Waals surface area contributed by atoms with Gasteiger partial charge in [-0.1, -0.05) is 24.8 Å². The fourth-order valence-electron chi connectivity index (χ4n) is 1.97. The van der Waals surface area contributed by atoms with Crippen molar-refractivity contribution in [2.75, 3.05) is 7.11 Å². The number of hydrogen-bond acceptors (Lipinski definition) is 7. The number of aromatic nitrogens is 4. The monoisotopic (exact) mass is 334 g/mol. The molecule has 3 aromatic heterocycles. The molecule has 114 valence electrons. The fraction of sp³-hybridized carbons (Fsp3) is 0.286. The van der Waals surface area contributed by atoms with E-state index >= 15 is 0 Å². The lowest BCUT2D eigenvalue weighted by Crippen LogP contribution is -2.18. The number of rotatable bonds is 5. The highest BCUT2D eigenvalue weighted by Crippen LogP contribution is 2.27. The van der Waals surface area contributed by atoms with Crippen LogP contribution in [0.4, 0.5) is 0 Å². The van der Waals surface area contributed by atoms with E-state index in [-0.39, 0.29) is 11.2 Å². The van der Waals surface area contributed by atoms with Gasteiger partial charge in [-0.25, -0.2) is 0 Å². The molecule has 3 rings (SSSR count). The van der Waals surface area contributed by atoms with Gasteiger partial charge in [-0.3, -0.25) is 4.79 Å². The maximum Gasteiger partial charge on any atom is 0.319 e. The van der Waals surface area contributed by atoms with Crippen LogP contribution in [0, 0.1) is 0 Å². The molecule has 0 amide bonds. The zero-order valence-electron chi connectivity index (χ0n) is 12.1. The van der Waals surface area contributed by atoms with Crippen molar-refractivity contribution in [1.29, 1.82) is 0 Å². The summed E-state index contributed by atoms with van der Waals surface area (Å²) in [5.41, 5.74) is 0.680. The molecule has 0 aliphatic rings. The summed E-state index contributed by atoms with van der Waals surface area (Å²) in [6, 6.07) is 7.64. The number of fused-ring (bicyclic) bond motifs is 1. The molecule has 0 saturated heterocycles. The number of methoxy groups -OCH3 is 1. The van der Waals surface area contributed by atoms with Gasteiger partial charge in [-0.2, -0.15) is 9.61 Å². The van der Waals surface area contributed by atoms with Gasteiger partial charge >= 0.3 is 5.97 Å². The van der Waals surface area contributed by atoms with E-state index in [1.807, 2.05) is 36.6 Å². The second kappa shape index (κ2) is 6.45. The molecule has 0 fully saturated rings. The first-order valence-electron chi connectivity index (χ1n) is 6.73. The first-order chi connectivity index (χ1) is 10.7. The van der Waals surface area contributed by atoms with Gasteiger partial charge in [0.25, 0.3) is 0 Å². The summed E-state index contributed by atoms with van der Waals surface area (Å²) in [5.74, 6) is 0.468. The van der Waals surface area contributed by atoms with Gasteiger partial charge in [-0.05, 0) is 30.0 Å². The Morgan fingerprint density at radius 3 is 2.95 bits per heavy atom. The quantitative estimate of drug-likeness (QED) is 0.528. The van der Waals surface area contributed by atoms with Crippen LogP contribution in [0.5, 0.6) is 0 Å². The van der Waals surface area contributed by atoms with E-state index in [2.05, 4.69) is 15.3 Å². The SMILES string of the molecule is CC[C@@H](Sc1ccc2nnc(-c3cccs3)n2n1)C(=O)OC. The van der Waals surface area contributed by atoms with Crippen molar-refractivity contribution in [2.45, 2.75) is 23.6 Å². The molecular formula is C14H14N4O2S2. The Morgan fingerprint density at radius 1 is 1.41 bits per heavy atom. The number of esters is 1. The minimum Gasteiger partial charge on any atom is -0.468 e. The topological polar surface area (TPSA) is 69.4 Å². The Kier molecular flexibility index (Phi) is 4.39. The highest BCUT2D eigenvalue weighted by molar-refractivity contribution is 8.00. The molecule has 0 aliphatic heterocycles. The number of hydrogen-bond donors (Lipinski definition) is 0. The van der Waals surface area contributed by atoms with Crippen molar-refractivity contribution in [3.63, 3.8) is 0 Å². The average Bonchev–Trinajstić information content (AvgIpc) is 3.20. The first kappa shape index (κ1) is 15.0. The molecule has 0 aliphatic carbocycles. The number of ether oxygens (including phenoxy) is 1. The summed E-state index contributed by atoms with van der Waals surface area (Å²) in [6.07, 6.45) is 0.678. The molecule has 0 saturated carbocycles. The van der Waals surface area contributed by atoms with Gasteiger partial charge in [0.1, 0.15) is 10.3 Å². The summed E-state index contributed by atoms with van der Waals surface area (Å²) in [4.78, 5) is 12.7. The van der Waals surface area contributed by atoms with Gasteiger partial charge in [-0.15, -0.1) is 21.5 Å². The van der Waals surface area contributed by atoms with Gasteiger partial charge in [0, 0.05) is 0 Å². The van der Waals surface area contributed by atoms with Crippen molar-refractivity contribution in [1.82, 2.24) is 19.8 Å². The zero-order chi connectivity index (χ0) is 15.5. The van der Waals surface area contributed by atoms with Gasteiger partial charge in [0.15, 0.2) is 11.5 Å². The van der Waals surface area contributed by atoms with Crippen LogP contribution < -0.4 is 0 Å². The smallest absolute Gasteiger partial charge is 0.319 e. The zero-order valence-corrected chi connectivity index (χ0v) is 13.7. The fourth-order valence-corrected chi connectivity index (χ4v) is 3.59. The number of carbonyl (C=O) groups excluding carboxylic acids is 1. The lowest BCUT2D eigenvalue weighted by Gasteiger charge is -2.11. The van der Waals surface area contributed by atoms with Crippen LogP contribution in [0.15, 0.2) is 34.7 Å². The third kappa shape index (κ3) is 2.84. The lowest BCUT2D eigenvalue weighted by molar-refractivity contribution is -0.140. The first-order valence-corrected chi connectivity index (χ1v) is 8.49. The van der Waals surface area contributed by atoms with E-state index in [0.717, 1.165) is 9.90 Å². The molecule has 0 N–H and O–H groups in total. The Morgan fingerprint density at radius 2 is 2.27 bits per heavy atom. The van der Waals surface area contributed by atoms with E-state index in [0.29, 0.717) is 17.9 Å².